The van der Waals surface area contributed by atoms with Crippen LogP contribution < -0.4 is 0 Å². The average molecular weight is 518 g/mol. The fourth-order valence-corrected chi connectivity index (χ4v) is 6.88. The number of nitrogens with zero attached hydrogens (tertiary/aromatic N) is 1. The topological polar surface area (TPSA) is 26.0 Å². The molecule has 3 aromatic carbocycles. The Morgan fingerprint density at radius 1 is 0.895 bits per heavy atom. The second kappa shape index (κ2) is 9.10. The van der Waals surface area contributed by atoms with Gasteiger partial charge in [0, 0.05) is 15.1 Å². The van der Waals surface area contributed by atoms with E-state index in [-0.39, 0.29) is 5.41 Å². The van der Waals surface area contributed by atoms with Crippen LogP contribution in [-0.2, 0) is 11.8 Å². The van der Waals surface area contributed by atoms with Crippen LogP contribution in [0.25, 0.3) is 54.3 Å². The van der Waals surface area contributed by atoms with Crippen LogP contribution >= 0.6 is 11.3 Å². The molecule has 0 spiro atoms. The van der Waals surface area contributed by atoms with Gasteiger partial charge >= 0.3 is 0 Å². The number of thiophene rings is 1. The number of rotatable bonds is 4. The minimum Gasteiger partial charge on any atom is -0.446 e. The summed E-state index contributed by atoms with van der Waals surface area (Å²) in [5, 5.41) is 5.03. The monoisotopic (exact) mass is 517 g/mol. The van der Waals surface area contributed by atoms with Crippen molar-refractivity contribution < 1.29 is 4.42 Å². The molecule has 38 heavy (non-hydrogen) atoms. The van der Waals surface area contributed by atoms with E-state index in [0.717, 1.165) is 28.6 Å². The number of fused-ring (bicyclic) bond motifs is 3. The summed E-state index contributed by atoms with van der Waals surface area (Å²) >= 11 is 1.91. The quantitative estimate of drug-likeness (QED) is 0.232. The van der Waals surface area contributed by atoms with Crippen LogP contribution in [0.2, 0.25) is 0 Å². The lowest BCUT2D eigenvalue weighted by atomic mass is 9.82. The number of benzene rings is 3. The Bertz CT molecular complexity index is 1830. The maximum absolute atomic E-state index is 6.00. The molecule has 192 valence electrons. The van der Waals surface area contributed by atoms with Crippen molar-refractivity contribution in [3.8, 4) is 22.4 Å². The van der Waals surface area contributed by atoms with Gasteiger partial charge in [-0.05, 0) is 99.8 Å². The van der Waals surface area contributed by atoms with E-state index >= 15 is 0 Å². The lowest BCUT2D eigenvalue weighted by molar-refractivity contribution is 0.596. The molecule has 0 aliphatic rings. The van der Waals surface area contributed by atoms with Gasteiger partial charge in [-0.1, -0.05) is 71.0 Å². The fraction of sp³-hybridized carbons (Fsp3) is 0.286. The molecule has 6 rings (SSSR count). The Labute approximate surface area is 229 Å². The molecule has 0 unspecified atom stereocenters. The van der Waals surface area contributed by atoms with Gasteiger partial charge in [-0.3, -0.25) is 0 Å². The van der Waals surface area contributed by atoms with Gasteiger partial charge in [0.2, 0.25) is 5.71 Å². The third-order valence-corrected chi connectivity index (χ3v) is 8.72. The summed E-state index contributed by atoms with van der Waals surface area (Å²) < 4.78 is 7.35. The molecule has 0 amide bonds. The van der Waals surface area contributed by atoms with Gasteiger partial charge in [0.1, 0.15) is 0 Å². The standard InChI is InChI=1S/C35H35NOS/c1-20(2)14-28-22(4)38-32-17-24(12-13-27(28)32)29-18-31(36-34-33(29)21(3)19-37-34)25-15-23-10-8-9-11-26(23)30(16-25)35(5,6)7/h8-13,15-20H,14H2,1-7H3. The summed E-state index contributed by atoms with van der Waals surface area (Å²) in [6.07, 6.45) is 2.95. The molecule has 3 heteroatoms. The van der Waals surface area contributed by atoms with Crippen LogP contribution in [0, 0.1) is 19.8 Å². The molecular formula is C35H35NOS. The average Bonchev–Trinajstić information content (AvgIpc) is 3.40. The minimum absolute atomic E-state index is 0.0135. The fourth-order valence-electron chi connectivity index (χ4n) is 5.75. The summed E-state index contributed by atoms with van der Waals surface area (Å²) in [6.45, 7) is 15.8. The smallest absolute Gasteiger partial charge is 0.227 e. The highest BCUT2D eigenvalue weighted by Gasteiger charge is 2.21. The van der Waals surface area contributed by atoms with E-state index in [1.165, 1.54) is 48.0 Å². The molecule has 0 atom stereocenters. The Morgan fingerprint density at radius 3 is 2.45 bits per heavy atom. The summed E-state index contributed by atoms with van der Waals surface area (Å²) in [5.41, 5.74) is 9.12. The zero-order valence-corrected chi connectivity index (χ0v) is 24.2. The van der Waals surface area contributed by atoms with E-state index in [9.17, 15) is 0 Å². The third kappa shape index (κ3) is 4.23. The Hall–Kier alpha value is -3.43. The minimum atomic E-state index is 0.0135. The van der Waals surface area contributed by atoms with Crippen LogP contribution in [0.15, 0.2) is 71.3 Å². The van der Waals surface area contributed by atoms with Crippen molar-refractivity contribution in [2.45, 2.75) is 60.3 Å². The highest BCUT2D eigenvalue weighted by atomic mass is 32.1. The maximum Gasteiger partial charge on any atom is 0.227 e. The highest BCUT2D eigenvalue weighted by molar-refractivity contribution is 7.19. The van der Waals surface area contributed by atoms with E-state index in [4.69, 9.17) is 9.40 Å². The second-order valence-electron chi connectivity index (χ2n) is 12.1. The van der Waals surface area contributed by atoms with Gasteiger partial charge in [0.05, 0.1) is 17.3 Å². The first-order valence-corrected chi connectivity index (χ1v) is 14.4. The number of furan rings is 1. The third-order valence-electron chi connectivity index (χ3n) is 7.61. The zero-order valence-electron chi connectivity index (χ0n) is 23.4. The SMILES string of the molecule is Cc1sc2cc(-c3cc(-c4cc(C(C)(C)C)c5ccccc5c4)nc4occ(C)c34)ccc2c1CC(C)C. The molecule has 0 N–H and O–H groups in total. The number of aromatic nitrogens is 1. The molecule has 6 aromatic rings. The van der Waals surface area contributed by atoms with Crippen LogP contribution in [0.4, 0.5) is 0 Å². The molecule has 3 aromatic heterocycles. The Morgan fingerprint density at radius 2 is 1.68 bits per heavy atom. The number of hydrogen-bond donors (Lipinski definition) is 0. The van der Waals surface area contributed by atoms with Gasteiger partial charge < -0.3 is 4.42 Å². The van der Waals surface area contributed by atoms with Crippen molar-refractivity contribution in [3.63, 3.8) is 0 Å². The normalized spacial score (nSPS) is 12.4. The molecule has 0 aliphatic heterocycles. The lowest BCUT2D eigenvalue weighted by Crippen LogP contribution is -2.12. The van der Waals surface area contributed by atoms with Crippen LogP contribution in [-0.4, -0.2) is 4.98 Å². The van der Waals surface area contributed by atoms with Crippen molar-refractivity contribution in [2.75, 3.05) is 0 Å². The summed E-state index contributed by atoms with van der Waals surface area (Å²) in [4.78, 5) is 6.46. The van der Waals surface area contributed by atoms with E-state index in [1.54, 1.807) is 0 Å². The van der Waals surface area contributed by atoms with Crippen molar-refractivity contribution >= 4 is 43.3 Å². The largest absolute Gasteiger partial charge is 0.446 e. The van der Waals surface area contributed by atoms with Crippen LogP contribution in [0.5, 0.6) is 0 Å². The number of hydrogen-bond acceptors (Lipinski definition) is 3. The first-order valence-electron chi connectivity index (χ1n) is 13.5. The molecule has 2 nitrogen and oxygen atoms in total. The first-order chi connectivity index (χ1) is 18.1. The Balaban J connectivity index is 1.58. The first kappa shape index (κ1) is 24.9. The van der Waals surface area contributed by atoms with Crippen molar-refractivity contribution in [1.29, 1.82) is 0 Å². The van der Waals surface area contributed by atoms with Gasteiger partial charge in [0.15, 0.2) is 0 Å². The number of aryl methyl sites for hydroxylation is 2. The van der Waals surface area contributed by atoms with Crippen LogP contribution in [0.1, 0.15) is 56.2 Å². The van der Waals surface area contributed by atoms with E-state index in [1.807, 2.05) is 17.6 Å². The van der Waals surface area contributed by atoms with Crippen molar-refractivity contribution in [1.82, 2.24) is 4.98 Å². The van der Waals surface area contributed by atoms with Crippen LogP contribution in [0.3, 0.4) is 0 Å². The number of pyridine rings is 1. The second-order valence-corrected chi connectivity index (χ2v) is 13.4. The van der Waals surface area contributed by atoms with Gasteiger partial charge in [-0.25, -0.2) is 4.98 Å². The summed E-state index contributed by atoms with van der Waals surface area (Å²) in [7, 11) is 0. The predicted molar refractivity (Wildman–Crippen MR) is 164 cm³/mol. The molecule has 0 fully saturated rings. The maximum atomic E-state index is 6.00. The molecular weight excluding hydrogens is 482 g/mol. The van der Waals surface area contributed by atoms with E-state index in [2.05, 4.69) is 109 Å². The molecule has 0 aliphatic carbocycles. The van der Waals surface area contributed by atoms with E-state index in [0.29, 0.717) is 11.6 Å². The lowest BCUT2D eigenvalue weighted by Gasteiger charge is -2.23. The van der Waals surface area contributed by atoms with Gasteiger partial charge in [-0.15, -0.1) is 11.3 Å². The van der Waals surface area contributed by atoms with Crippen molar-refractivity contribution in [2.24, 2.45) is 5.92 Å². The molecule has 0 saturated carbocycles. The zero-order chi connectivity index (χ0) is 26.8. The van der Waals surface area contributed by atoms with E-state index < -0.39 is 0 Å². The van der Waals surface area contributed by atoms with Gasteiger partial charge in [0.25, 0.3) is 0 Å². The molecule has 0 bridgehead atoms. The summed E-state index contributed by atoms with van der Waals surface area (Å²) in [6, 6.07) is 22.5. The molecule has 0 radical (unpaired) electrons. The predicted octanol–water partition coefficient (Wildman–Crippen LogP) is 10.6. The molecule has 3 heterocycles. The van der Waals surface area contributed by atoms with Gasteiger partial charge in [-0.2, -0.15) is 0 Å². The molecule has 0 saturated heterocycles. The highest BCUT2D eigenvalue weighted by Crippen LogP contribution is 2.41. The van der Waals surface area contributed by atoms with Crippen molar-refractivity contribution in [3.05, 3.63) is 88.5 Å². The Kier molecular flexibility index (Phi) is 5.96. The summed E-state index contributed by atoms with van der Waals surface area (Å²) in [5.74, 6) is 0.641.